The van der Waals surface area contributed by atoms with Gasteiger partial charge in [-0.3, -0.25) is 4.79 Å². The van der Waals surface area contributed by atoms with E-state index < -0.39 is 0 Å². The quantitative estimate of drug-likeness (QED) is 0.532. The van der Waals surface area contributed by atoms with Gasteiger partial charge in [-0.25, -0.2) is 4.39 Å². The number of hydrogen-bond donors (Lipinski definition) is 1. The number of benzene rings is 1. The van der Waals surface area contributed by atoms with Gasteiger partial charge in [0.2, 0.25) is 0 Å². The predicted molar refractivity (Wildman–Crippen MR) is 79.6 cm³/mol. The molecule has 1 aromatic rings. The van der Waals surface area contributed by atoms with Gasteiger partial charge in [0.15, 0.2) is 0 Å². The maximum absolute atomic E-state index is 12.9. The summed E-state index contributed by atoms with van der Waals surface area (Å²) in [5, 5.41) is 3.33. The highest BCUT2D eigenvalue weighted by Gasteiger charge is 2.14. The van der Waals surface area contributed by atoms with Crippen molar-refractivity contribution in [3.63, 3.8) is 0 Å². The normalized spacial score (nSPS) is 12.1. The van der Waals surface area contributed by atoms with Crippen LogP contribution in [-0.2, 0) is 20.7 Å². The van der Waals surface area contributed by atoms with Crippen molar-refractivity contribution in [1.29, 1.82) is 0 Å². The molecule has 118 valence electrons. The van der Waals surface area contributed by atoms with Crippen LogP contribution < -0.4 is 5.32 Å². The lowest BCUT2D eigenvalue weighted by Gasteiger charge is -2.18. The van der Waals surface area contributed by atoms with E-state index in [1.807, 2.05) is 6.92 Å². The first-order chi connectivity index (χ1) is 10.2. The first-order valence-corrected chi connectivity index (χ1v) is 7.28. The second-order valence-corrected chi connectivity index (χ2v) is 4.81. The Morgan fingerprint density at radius 2 is 2.05 bits per heavy atom. The van der Waals surface area contributed by atoms with Gasteiger partial charge in [0.25, 0.3) is 0 Å². The number of carbonyl (C=O) groups excluding carboxylic acids is 1. The number of nitrogens with one attached hydrogen (secondary N) is 1. The van der Waals surface area contributed by atoms with Crippen LogP contribution in [0.3, 0.4) is 0 Å². The van der Waals surface area contributed by atoms with Crippen LogP contribution in [0.4, 0.5) is 4.39 Å². The van der Waals surface area contributed by atoms with Crippen LogP contribution in [0, 0.1) is 5.82 Å². The Bertz CT molecular complexity index is 408. The minimum atomic E-state index is -0.257. The maximum atomic E-state index is 12.9. The molecule has 0 aliphatic carbocycles. The fourth-order valence-corrected chi connectivity index (χ4v) is 2.03. The van der Waals surface area contributed by atoms with Crippen LogP contribution in [0.25, 0.3) is 0 Å². The van der Waals surface area contributed by atoms with Crippen LogP contribution in [0.2, 0.25) is 0 Å². The van der Waals surface area contributed by atoms with Crippen molar-refractivity contribution in [2.45, 2.75) is 32.2 Å². The average Bonchev–Trinajstić information content (AvgIpc) is 2.49. The number of carbonyl (C=O) groups is 1. The van der Waals surface area contributed by atoms with Gasteiger partial charge in [0.05, 0.1) is 13.5 Å². The topological polar surface area (TPSA) is 47.6 Å². The van der Waals surface area contributed by atoms with Crippen molar-refractivity contribution in [1.82, 2.24) is 5.32 Å². The fourth-order valence-electron chi connectivity index (χ4n) is 2.03. The van der Waals surface area contributed by atoms with Gasteiger partial charge in [-0.1, -0.05) is 12.1 Å². The molecule has 0 radical (unpaired) electrons. The van der Waals surface area contributed by atoms with Gasteiger partial charge >= 0.3 is 5.97 Å². The van der Waals surface area contributed by atoms with Crippen molar-refractivity contribution in [2.24, 2.45) is 0 Å². The molecule has 0 heterocycles. The van der Waals surface area contributed by atoms with E-state index in [1.54, 1.807) is 12.1 Å². The summed E-state index contributed by atoms with van der Waals surface area (Å²) in [7, 11) is 1.38. The van der Waals surface area contributed by atoms with Crippen molar-refractivity contribution in [3.8, 4) is 0 Å². The van der Waals surface area contributed by atoms with E-state index >= 15 is 0 Å². The average molecular weight is 297 g/mol. The van der Waals surface area contributed by atoms with Gasteiger partial charge in [-0.15, -0.1) is 0 Å². The lowest BCUT2D eigenvalue weighted by Crippen LogP contribution is -2.34. The third-order valence-electron chi connectivity index (χ3n) is 3.14. The first-order valence-electron chi connectivity index (χ1n) is 7.28. The van der Waals surface area contributed by atoms with E-state index in [0.29, 0.717) is 26.1 Å². The van der Waals surface area contributed by atoms with Gasteiger partial charge in [-0.05, 0) is 44.0 Å². The third kappa shape index (κ3) is 7.78. The van der Waals surface area contributed by atoms with E-state index in [-0.39, 0.29) is 17.8 Å². The number of rotatable bonds is 10. The van der Waals surface area contributed by atoms with E-state index in [4.69, 9.17) is 9.47 Å². The van der Waals surface area contributed by atoms with Gasteiger partial charge in [0.1, 0.15) is 5.82 Å². The molecule has 0 bridgehead atoms. The second kappa shape index (κ2) is 10.3. The first kappa shape index (κ1) is 17.6. The molecule has 0 fully saturated rings. The summed E-state index contributed by atoms with van der Waals surface area (Å²) in [6.45, 7) is 4.14. The Hall–Kier alpha value is -1.46. The molecule has 0 aliphatic rings. The van der Waals surface area contributed by atoms with Crippen molar-refractivity contribution < 1.29 is 18.7 Å². The van der Waals surface area contributed by atoms with Crippen LogP contribution in [-0.4, -0.2) is 38.9 Å². The lowest BCUT2D eigenvalue weighted by atomic mass is 10.0. The monoisotopic (exact) mass is 297 g/mol. The summed E-state index contributed by atoms with van der Waals surface area (Å²) < 4.78 is 22.9. The third-order valence-corrected chi connectivity index (χ3v) is 3.14. The zero-order valence-corrected chi connectivity index (χ0v) is 12.7. The van der Waals surface area contributed by atoms with E-state index in [0.717, 1.165) is 18.5 Å². The SMILES string of the molecule is CCOCCCNC(CC(=O)OC)Cc1ccc(F)cc1. The Morgan fingerprint density at radius 3 is 2.67 bits per heavy atom. The zero-order valence-electron chi connectivity index (χ0n) is 12.7. The van der Waals surface area contributed by atoms with Crippen LogP contribution >= 0.6 is 0 Å². The number of esters is 1. The maximum Gasteiger partial charge on any atom is 0.307 e. The molecule has 0 saturated heterocycles. The van der Waals surface area contributed by atoms with Gasteiger partial charge < -0.3 is 14.8 Å². The summed E-state index contributed by atoms with van der Waals surface area (Å²) in [6.07, 6.45) is 1.83. The minimum Gasteiger partial charge on any atom is -0.469 e. The number of hydrogen-bond acceptors (Lipinski definition) is 4. The van der Waals surface area contributed by atoms with Gasteiger partial charge in [0, 0.05) is 19.3 Å². The number of methoxy groups -OCH3 is 1. The molecular weight excluding hydrogens is 273 g/mol. The van der Waals surface area contributed by atoms with Crippen LogP contribution in [0.15, 0.2) is 24.3 Å². The van der Waals surface area contributed by atoms with Crippen LogP contribution in [0.1, 0.15) is 25.3 Å². The Balaban J connectivity index is 2.47. The van der Waals surface area contributed by atoms with Crippen molar-refractivity contribution >= 4 is 5.97 Å². The molecule has 0 aliphatic heterocycles. The predicted octanol–water partition coefficient (Wildman–Crippen LogP) is 2.32. The second-order valence-electron chi connectivity index (χ2n) is 4.81. The molecule has 0 amide bonds. The largest absolute Gasteiger partial charge is 0.469 e. The molecule has 1 aromatic carbocycles. The standard InChI is InChI=1S/C16H24FNO3/c1-3-21-10-4-9-18-15(12-16(19)20-2)11-13-5-7-14(17)8-6-13/h5-8,15,18H,3-4,9-12H2,1-2H3. The molecule has 0 saturated carbocycles. The molecule has 1 N–H and O–H groups in total. The molecule has 21 heavy (non-hydrogen) atoms. The van der Waals surface area contributed by atoms with Crippen molar-refractivity contribution in [2.75, 3.05) is 26.9 Å². The highest BCUT2D eigenvalue weighted by molar-refractivity contribution is 5.69. The van der Waals surface area contributed by atoms with E-state index in [1.165, 1.54) is 19.2 Å². The minimum absolute atomic E-state index is 0.0236. The van der Waals surface area contributed by atoms with Gasteiger partial charge in [-0.2, -0.15) is 0 Å². The summed E-state index contributed by atoms with van der Waals surface area (Å²) in [4.78, 5) is 11.5. The fraction of sp³-hybridized carbons (Fsp3) is 0.562. The number of halogens is 1. The zero-order chi connectivity index (χ0) is 15.5. The molecular formula is C16H24FNO3. The molecule has 5 heteroatoms. The van der Waals surface area contributed by atoms with E-state index in [9.17, 15) is 9.18 Å². The molecule has 1 unspecified atom stereocenters. The molecule has 1 atom stereocenters. The smallest absolute Gasteiger partial charge is 0.307 e. The highest BCUT2D eigenvalue weighted by Crippen LogP contribution is 2.08. The Kier molecular flexibility index (Phi) is 8.62. The lowest BCUT2D eigenvalue weighted by molar-refractivity contribution is -0.141. The number of ether oxygens (including phenoxy) is 2. The molecule has 0 aromatic heterocycles. The summed E-state index contributed by atoms with van der Waals surface area (Å²) >= 11 is 0. The van der Waals surface area contributed by atoms with Crippen molar-refractivity contribution in [3.05, 3.63) is 35.6 Å². The Labute approximate surface area is 125 Å². The summed E-state index contributed by atoms with van der Waals surface area (Å²) in [5.41, 5.74) is 0.989. The highest BCUT2D eigenvalue weighted by atomic mass is 19.1. The molecule has 4 nitrogen and oxygen atoms in total. The van der Waals surface area contributed by atoms with E-state index in [2.05, 4.69) is 5.32 Å². The Morgan fingerprint density at radius 1 is 1.33 bits per heavy atom. The van der Waals surface area contributed by atoms with Crippen LogP contribution in [0.5, 0.6) is 0 Å². The summed E-state index contributed by atoms with van der Waals surface area (Å²) in [6, 6.07) is 6.31. The molecule has 0 spiro atoms. The molecule has 1 rings (SSSR count). The summed E-state index contributed by atoms with van der Waals surface area (Å²) in [5.74, 6) is -0.507.